The summed E-state index contributed by atoms with van der Waals surface area (Å²) < 4.78 is 5.25. The number of aryl methyl sites for hydroxylation is 1. The summed E-state index contributed by atoms with van der Waals surface area (Å²) >= 11 is 0. The van der Waals surface area contributed by atoms with Crippen LogP contribution < -0.4 is 15.4 Å². The first-order chi connectivity index (χ1) is 16.1. The highest BCUT2D eigenvalue weighted by Gasteiger charge is 2.14. The summed E-state index contributed by atoms with van der Waals surface area (Å²) in [7, 11) is 1.64. The first-order valence-electron chi connectivity index (χ1n) is 10.9. The van der Waals surface area contributed by atoms with Crippen molar-refractivity contribution in [3.8, 4) is 16.9 Å². The average Bonchev–Trinajstić information content (AvgIpc) is 2.86. The molecule has 0 spiro atoms. The minimum absolute atomic E-state index is 0.142. The van der Waals surface area contributed by atoms with Gasteiger partial charge >= 0.3 is 0 Å². The number of aromatic nitrogens is 1. The lowest BCUT2D eigenvalue weighted by atomic mass is 9.97. The number of carbonyl (C=O) groups excluding carboxylic acids is 1. The van der Waals surface area contributed by atoms with E-state index >= 15 is 0 Å². The van der Waals surface area contributed by atoms with E-state index in [1.165, 1.54) is 0 Å². The van der Waals surface area contributed by atoms with E-state index in [9.17, 15) is 4.79 Å². The zero-order chi connectivity index (χ0) is 23.0. The molecule has 1 amide bonds. The topological polar surface area (TPSA) is 63.2 Å². The van der Waals surface area contributed by atoms with Gasteiger partial charge in [-0.05, 0) is 72.6 Å². The van der Waals surface area contributed by atoms with Crippen LogP contribution in [0.25, 0.3) is 11.1 Å². The van der Waals surface area contributed by atoms with Crippen LogP contribution in [0.2, 0.25) is 0 Å². The number of anilines is 2. The van der Waals surface area contributed by atoms with E-state index < -0.39 is 0 Å². The molecule has 1 aromatic heterocycles. The van der Waals surface area contributed by atoms with Crippen LogP contribution in [0.5, 0.6) is 5.75 Å². The van der Waals surface area contributed by atoms with Crippen molar-refractivity contribution in [3.05, 3.63) is 108 Å². The molecule has 33 heavy (non-hydrogen) atoms. The largest absolute Gasteiger partial charge is 0.497 e. The van der Waals surface area contributed by atoms with Crippen molar-refractivity contribution in [3.63, 3.8) is 0 Å². The Hall–Kier alpha value is -4.12. The Morgan fingerprint density at radius 1 is 0.909 bits per heavy atom. The molecule has 4 rings (SSSR count). The maximum atomic E-state index is 13.1. The van der Waals surface area contributed by atoms with Gasteiger partial charge in [0.15, 0.2) is 0 Å². The number of benzene rings is 3. The highest BCUT2D eigenvalue weighted by atomic mass is 16.5. The van der Waals surface area contributed by atoms with Crippen molar-refractivity contribution in [1.82, 2.24) is 4.98 Å². The van der Waals surface area contributed by atoms with E-state index in [-0.39, 0.29) is 5.91 Å². The van der Waals surface area contributed by atoms with Gasteiger partial charge in [-0.3, -0.25) is 9.78 Å². The Morgan fingerprint density at radius 2 is 1.67 bits per heavy atom. The fourth-order valence-electron chi connectivity index (χ4n) is 3.62. The number of pyridine rings is 1. The minimum atomic E-state index is -0.142. The van der Waals surface area contributed by atoms with E-state index in [0.29, 0.717) is 5.56 Å². The molecule has 0 atom stereocenters. The number of amides is 1. The van der Waals surface area contributed by atoms with Crippen LogP contribution in [0, 0.1) is 6.92 Å². The van der Waals surface area contributed by atoms with Crippen LogP contribution in [-0.4, -0.2) is 24.5 Å². The van der Waals surface area contributed by atoms with Crippen molar-refractivity contribution in [2.45, 2.75) is 13.3 Å². The predicted octanol–water partition coefficient (Wildman–Crippen LogP) is 5.97. The van der Waals surface area contributed by atoms with E-state index in [1.807, 2.05) is 91.9 Å². The molecule has 1 heterocycles. The van der Waals surface area contributed by atoms with Gasteiger partial charge in [-0.1, -0.05) is 35.9 Å². The molecular formula is C28H27N3O2. The molecule has 0 bridgehead atoms. The molecule has 5 heteroatoms. The van der Waals surface area contributed by atoms with Gasteiger partial charge in [0.25, 0.3) is 5.91 Å². The second kappa shape index (κ2) is 10.5. The third-order valence-electron chi connectivity index (χ3n) is 5.40. The molecule has 0 aliphatic rings. The van der Waals surface area contributed by atoms with E-state index in [0.717, 1.165) is 52.5 Å². The normalized spacial score (nSPS) is 10.5. The number of hydrogen-bond acceptors (Lipinski definition) is 4. The fourth-order valence-corrected chi connectivity index (χ4v) is 3.62. The number of nitrogens with one attached hydrogen (secondary N) is 2. The van der Waals surface area contributed by atoms with E-state index in [4.69, 9.17) is 4.74 Å². The molecule has 0 saturated heterocycles. The van der Waals surface area contributed by atoms with Crippen molar-refractivity contribution in [1.29, 1.82) is 0 Å². The lowest BCUT2D eigenvalue weighted by Gasteiger charge is -2.13. The fraction of sp³-hybridized carbons (Fsp3) is 0.143. The standard InChI is InChI=1S/C28H27N3O2/c1-20-6-15-26(27(19-20)21-7-13-25(33-2)14-8-21)28(32)31-24-11-9-23(10-12-24)30-18-16-22-5-3-4-17-29-22/h3-15,17,19,30H,16,18H2,1-2H3,(H,31,32). The Balaban J connectivity index is 1.42. The summed E-state index contributed by atoms with van der Waals surface area (Å²) in [6, 6.07) is 27.3. The number of hydrogen-bond donors (Lipinski definition) is 2. The molecular weight excluding hydrogens is 410 g/mol. The monoisotopic (exact) mass is 437 g/mol. The molecule has 0 fully saturated rings. The zero-order valence-electron chi connectivity index (χ0n) is 18.8. The van der Waals surface area contributed by atoms with Crippen molar-refractivity contribution < 1.29 is 9.53 Å². The maximum Gasteiger partial charge on any atom is 0.256 e. The molecule has 0 aliphatic carbocycles. The number of nitrogens with zero attached hydrogens (tertiary/aromatic N) is 1. The van der Waals surface area contributed by atoms with Crippen LogP contribution in [0.4, 0.5) is 11.4 Å². The quantitative estimate of drug-likeness (QED) is 0.356. The van der Waals surface area contributed by atoms with Gasteiger partial charge in [0.05, 0.1) is 7.11 Å². The second-order valence-corrected chi connectivity index (χ2v) is 7.81. The third-order valence-corrected chi connectivity index (χ3v) is 5.40. The second-order valence-electron chi connectivity index (χ2n) is 7.81. The molecule has 5 nitrogen and oxygen atoms in total. The van der Waals surface area contributed by atoms with Crippen molar-refractivity contribution in [2.75, 3.05) is 24.3 Å². The lowest BCUT2D eigenvalue weighted by molar-refractivity contribution is 0.102. The molecule has 3 aromatic carbocycles. The highest BCUT2D eigenvalue weighted by Crippen LogP contribution is 2.28. The number of carbonyl (C=O) groups is 1. The van der Waals surface area contributed by atoms with E-state index in [1.54, 1.807) is 13.3 Å². The van der Waals surface area contributed by atoms with Crippen LogP contribution in [0.15, 0.2) is 91.1 Å². The number of ether oxygens (including phenoxy) is 1. The zero-order valence-corrected chi connectivity index (χ0v) is 18.8. The summed E-state index contributed by atoms with van der Waals surface area (Å²) in [6.45, 7) is 2.81. The van der Waals surface area contributed by atoms with Crippen LogP contribution in [0.1, 0.15) is 21.6 Å². The Kier molecular flexibility index (Phi) is 7.00. The van der Waals surface area contributed by atoms with Gasteiger partial charge in [0.1, 0.15) is 5.75 Å². The molecule has 4 aromatic rings. The summed E-state index contributed by atoms with van der Waals surface area (Å²) in [4.78, 5) is 17.4. The number of rotatable bonds is 8. The molecule has 0 radical (unpaired) electrons. The lowest BCUT2D eigenvalue weighted by Crippen LogP contribution is -2.13. The smallest absolute Gasteiger partial charge is 0.256 e. The molecule has 2 N–H and O–H groups in total. The molecule has 0 saturated carbocycles. The Morgan fingerprint density at radius 3 is 2.36 bits per heavy atom. The van der Waals surface area contributed by atoms with Gasteiger partial charge in [0, 0.05) is 41.8 Å². The van der Waals surface area contributed by atoms with Gasteiger partial charge < -0.3 is 15.4 Å². The third kappa shape index (κ3) is 5.77. The average molecular weight is 438 g/mol. The van der Waals surface area contributed by atoms with E-state index in [2.05, 4.69) is 15.6 Å². The highest BCUT2D eigenvalue weighted by molar-refractivity contribution is 6.08. The van der Waals surface area contributed by atoms with Crippen LogP contribution in [0.3, 0.4) is 0 Å². The van der Waals surface area contributed by atoms with Gasteiger partial charge in [-0.15, -0.1) is 0 Å². The van der Waals surface area contributed by atoms with Crippen LogP contribution in [-0.2, 0) is 6.42 Å². The van der Waals surface area contributed by atoms with Crippen molar-refractivity contribution in [2.24, 2.45) is 0 Å². The van der Waals surface area contributed by atoms with Crippen molar-refractivity contribution >= 4 is 17.3 Å². The van der Waals surface area contributed by atoms with Crippen LogP contribution >= 0.6 is 0 Å². The first kappa shape index (κ1) is 22.1. The van der Waals surface area contributed by atoms with Gasteiger partial charge in [0.2, 0.25) is 0 Å². The molecule has 0 aliphatic heterocycles. The molecule has 166 valence electrons. The van der Waals surface area contributed by atoms with Gasteiger partial charge in [-0.2, -0.15) is 0 Å². The SMILES string of the molecule is COc1ccc(-c2cc(C)ccc2C(=O)Nc2ccc(NCCc3ccccn3)cc2)cc1. The maximum absolute atomic E-state index is 13.1. The Labute approximate surface area is 194 Å². The minimum Gasteiger partial charge on any atom is -0.497 e. The predicted molar refractivity (Wildman–Crippen MR) is 134 cm³/mol. The molecule has 0 unspecified atom stereocenters. The van der Waals surface area contributed by atoms with Gasteiger partial charge in [-0.25, -0.2) is 0 Å². The summed E-state index contributed by atoms with van der Waals surface area (Å²) in [5.41, 5.74) is 6.39. The number of methoxy groups -OCH3 is 1. The summed E-state index contributed by atoms with van der Waals surface area (Å²) in [6.07, 6.45) is 2.65. The first-order valence-corrected chi connectivity index (χ1v) is 10.9. The Bertz CT molecular complexity index is 1200. The summed E-state index contributed by atoms with van der Waals surface area (Å²) in [5.74, 6) is 0.641. The summed E-state index contributed by atoms with van der Waals surface area (Å²) in [5, 5.41) is 6.41.